The second kappa shape index (κ2) is 6.22. The molecule has 2 aromatic carbocycles. The average Bonchev–Trinajstić information content (AvgIpc) is 2.51. The highest BCUT2D eigenvalue weighted by molar-refractivity contribution is 5.99. The summed E-state index contributed by atoms with van der Waals surface area (Å²) in [5, 5.41) is 3.08. The van der Waals surface area contributed by atoms with E-state index < -0.39 is 5.41 Å². The van der Waals surface area contributed by atoms with Crippen LogP contribution in [-0.4, -0.2) is 13.0 Å². The number of benzene rings is 2. The van der Waals surface area contributed by atoms with Crippen LogP contribution in [0.2, 0.25) is 0 Å². The van der Waals surface area contributed by atoms with Gasteiger partial charge in [0.1, 0.15) is 5.75 Å². The van der Waals surface area contributed by atoms with E-state index in [2.05, 4.69) is 5.32 Å². The zero-order valence-electron chi connectivity index (χ0n) is 13.9. The molecule has 3 nitrogen and oxygen atoms in total. The molecule has 0 unspecified atom stereocenters. The van der Waals surface area contributed by atoms with E-state index in [1.54, 1.807) is 7.11 Å². The highest BCUT2D eigenvalue weighted by atomic mass is 16.5. The van der Waals surface area contributed by atoms with Crippen molar-refractivity contribution in [2.24, 2.45) is 0 Å². The van der Waals surface area contributed by atoms with E-state index in [1.807, 2.05) is 70.2 Å². The van der Waals surface area contributed by atoms with Gasteiger partial charge in [0.2, 0.25) is 5.91 Å². The quantitative estimate of drug-likeness (QED) is 0.917. The number of amides is 1. The molecule has 22 heavy (non-hydrogen) atoms. The second-order valence-corrected chi connectivity index (χ2v) is 6.07. The number of rotatable bonds is 4. The number of ether oxygens (including phenoxy) is 1. The van der Waals surface area contributed by atoms with Crippen molar-refractivity contribution < 1.29 is 9.53 Å². The van der Waals surface area contributed by atoms with Gasteiger partial charge in [-0.05, 0) is 56.5 Å². The first kappa shape index (κ1) is 16.1. The Bertz CT molecular complexity index is 652. The molecule has 0 heterocycles. The van der Waals surface area contributed by atoms with E-state index in [0.29, 0.717) is 0 Å². The average molecular weight is 297 g/mol. The minimum Gasteiger partial charge on any atom is -0.497 e. The third-order valence-corrected chi connectivity index (χ3v) is 4.10. The molecule has 0 radical (unpaired) electrons. The first-order valence-electron chi connectivity index (χ1n) is 7.38. The van der Waals surface area contributed by atoms with Crippen molar-refractivity contribution in [3.63, 3.8) is 0 Å². The Hall–Kier alpha value is -2.29. The van der Waals surface area contributed by atoms with Gasteiger partial charge in [0.25, 0.3) is 0 Å². The van der Waals surface area contributed by atoms with Crippen molar-refractivity contribution in [2.45, 2.75) is 33.1 Å². The van der Waals surface area contributed by atoms with Crippen molar-refractivity contribution in [3.8, 4) is 5.75 Å². The molecule has 0 aliphatic carbocycles. The Morgan fingerprint density at radius 1 is 1.00 bits per heavy atom. The fourth-order valence-electron chi connectivity index (χ4n) is 2.42. The molecule has 1 amide bonds. The number of nitrogens with one attached hydrogen (secondary N) is 1. The van der Waals surface area contributed by atoms with Gasteiger partial charge in [-0.1, -0.05) is 30.3 Å². The van der Waals surface area contributed by atoms with Gasteiger partial charge in [-0.25, -0.2) is 0 Å². The molecule has 116 valence electrons. The van der Waals surface area contributed by atoms with Crippen LogP contribution in [0.3, 0.4) is 0 Å². The van der Waals surface area contributed by atoms with Gasteiger partial charge in [-0.3, -0.25) is 4.79 Å². The van der Waals surface area contributed by atoms with Gasteiger partial charge in [0.05, 0.1) is 12.5 Å². The van der Waals surface area contributed by atoms with Crippen molar-refractivity contribution in [1.29, 1.82) is 0 Å². The van der Waals surface area contributed by atoms with Crippen LogP contribution >= 0.6 is 0 Å². The van der Waals surface area contributed by atoms with Gasteiger partial charge in [-0.2, -0.15) is 0 Å². The number of hydrogen-bond acceptors (Lipinski definition) is 2. The Kier molecular flexibility index (Phi) is 4.55. The highest BCUT2D eigenvalue weighted by Crippen LogP contribution is 2.28. The monoisotopic (exact) mass is 297 g/mol. The summed E-state index contributed by atoms with van der Waals surface area (Å²) in [6.45, 7) is 7.86. The minimum absolute atomic E-state index is 0.0185. The first-order chi connectivity index (χ1) is 10.4. The number of para-hydroxylation sites is 1. The molecule has 3 heteroatoms. The summed E-state index contributed by atoms with van der Waals surface area (Å²) in [6.07, 6.45) is 0. The zero-order valence-corrected chi connectivity index (χ0v) is 13.9. The van der Waals surface area contributed by atoms with Crippen LogP contribution in [0.5, 0.6) is 5.75 Å². The van der Waals surface area contributed by atoms with E-state index in [0.717, 1.165) is 28.1 Å². The third-order valence-electron chi connectivity index (χ3n) is 4.10. The van der Waals surface area contributed by atoms with Crippen LogP contribution in [0.25, 0.3) is 0 Å². The first-order valence-corrected chi connectivity index (χ1v) is 7.38. The van der Waals surface area contributed by atoms with Crippen molar-refractivity contribution in [3.05, 3.63) is 59.2 Å². The lowest BCUT2D eigenvalue weighted by molar-refractivity contribution is -0.120. The number of aryl methyl sites for hydroxylation is 2. The molecule has 0 saturated carbocycles. The summed E-state index contributed by atoms with van der Waals surface area (Å²) in [5.74, 6) is 0.768. The van der Waals surface area contributed by atoms with Crippen LogP contribution in [-0.2, 0) is 10.2 Å². The normalized spacial score (nSPS) is 11.1. The predicted molar refractivity (Wildman–Crippen MR) is 90.6 cm³/mol. The number of hydrogen-bond donors (Lipinski definition) is 1. The van der Waals surface area contributed by atoms with Gasteiger partial charge in [0.15, 0.2) is 0 Å². The van der Waals surface area contributed by atoms with Crippen molar-refractivity contribution in [1.82, 2.24) is 0 Å². The fourth-order valence-corrected chi connectivity index (χ4v) is 2.42. The van der Waals surface area contributed by atoms with Gasteiger partial charge in [-0.15, -0.1) is 0 Å². The molecule has 2 rings (SSSR count). The topological polar surface area (TPSA) is 38.3 Å². The molecule has 0 aliphatic heterocycles. The van der Waals surface area contributed by atoms with E-state index >= 15 is 0 Å². The Morgan fingerprint density at radius 3 is 2.05 bits per heavy atom. The summed E-state index contributed by atoms with van der Waals surface area (Å²) in [5.41, 5.74) is 3.37. The Labute approximate surface area is 132 Å². The summed E-state index contributed by atoms with van der Waals surface area (Å²) in [6, 6.07) is 13.6. The lowest BCUT2D eigenvalue weighted by atomic mass is 9.83. The lowest BCUT2D eigenvalue weighted by Gasteiger charge is -2.25. The molecule has 0 spiro atoms. The molecule has 0 bridgehead atoms. The van der Waals surface area contributed by atoms with Crippen LogP contribution in [0, 0.1) is 13.8 Å². The molecule has 0 fully saturated rings. The molecular formula is C19H23NO2. The molecule has 2 aromatic rings. The smallest absolute Gasteiger partial charge is 0.234 e. The minimum atomic E-state index is -0.624. The van der Waals surface area contributed by atoms with E-state index in [1.165, 1.54) is 0 Å². The van der Waals surface area contributed by atoms with E-state index in [9.17, 15) is 4.79 Å². The third kappa shape index (κ3) is 3.14. The van der Waals surface area contributed by atoms with E-state index in [-0.39, 0.29) is 5.91 Å². The van der Waals surface area contributed by atoms with Gasteiger partial charge >= 0.3 is 0 Å². The summed E-state index contributed by atoms with van der Waals surface area (Å²) < 4.78 is 5.17. The molecule has 0 saturated heterocycles. The molecule has 0 aromatic heterocycles. The fraction of sp³-hybridized carbons (Fsp3) is 0.316. The van der Waals surface area contributed by atoms with Gasteiger partial charge in [0, 0.05) is 5.69 Å². The second-order valence-electron chi connectivity index (χ2n) is 6.07. The van der Waals surface area contributed by atoms with Crippen LogP contribution in [0.4, 0.5) is 5.69 Å². The van der Waals surface area contributed by atoms with E-state index in [4.69, 9.17) is 4.74 Å². The summed E-state index contributed by atoms with van der Waals surface area (Å²) >= 11 is 0. The largest absolute Gasteiger partial charge is 0.497 e. The maximum absolute atomic E-state index is 12.8. The van der Waals surface area contributed by atoms with Crippen LogP contribution in [0.1, 0.15) is 30.5 Å². The Morgan fingerprint density at radius 2 is 1.55 bits per heavy atom. The number of anilines is 1. The number of carbonyl (C=O) groups is 1. The predicted octanol–water partition coefficient (Wildman–Crippen LogP) is 4.23. The maximum Gasteiger partial charge on any atom is 0.234 e. The summed E-state index contributed by atoms with van der Waals surface area (Å²) in [4.78, 5) is 12.8. The number of methoxy groups -OCH3 is 1. The molecule has 0 atom stereocenters. The molecular weight excluding hydrogens is 274 g/mol. The van der Waals surface area contributed by atoms with Crippen LogP contribution in [0.15, 0.2) is 42.5 Å². The Balaban J connectivity index is 2.26. The van der Waals surface area contributed by atoms with Gasteiger partial charge < -0.3 is 10.1 Å². The van der Waals surface area contributed by atoms with Crippen molar-refractivity contribution >= 4 is 11.6 Å². The zero-order chi connectivity index (χ0) is 16.3. The molecule has 1 N–H and O–H groups in total. The lowest BCUT2D eigenvalue weighted by Crippen LogP contribution is -2.35. The number of carbonyl (C=O) groups excluding carboxylic acids is 1. The van der Waals surface area contributed by atoms with Crippen molar-refractivity contribution in [2.75, 3.05) is 12.4 Å². The SMILES string of the molecule is COc1ccc(C(C)(C)C(=O)Nc2c(C)cccc2C)cc1. The molecule has 0 aliphatic rings. The van der Waals surface area contributed by atoms with Crippen LogP contribution < -0.4 is 10.1 Å². The summed E-state index contributed by atoms with van der Waals surface area (Å²) in [7, 11) is 1.63. The standard InChI is InChI=1S/C19H23NO2/c1-13-7-6-8-14(2)17(13)20-18(21)19(3,4)15-9-11-16(22-5)12-10-15/h6-12H,1-5H3,(H,20,21). The highest BCUT2D eigenvalue weighted by Gasteiger charge is 2.30. The maximum atomic E-state index is 12.8.